The smallest absolute Gasteiger partial charge is 0.233 e. The molecule has 0 saturated heterocycles. The maximum absolute atomic E-state index is 12.5. The van der Waals surface area contributed by atoms with Crippen molar-refractivity contribution in [3.63, 3.8) is 0 Å². The zero-order valence-electron chi connectivity index (χ0n) is 17.1. The molecular weight excluding hydrogens is 384 g/mol. The normalized spacial score (nSPS) is 12.0. The van der Waals surface area contributed by atoms with Crippen LogP contribution in [0.5, 0.6) is 5.75 Å². The lowest BCUT2D eigenvalue weighted by Gasteiger charge is -2.16. The molecule has 6 nitrogen and oxygen atoms in total. The summed E-state index contributed by atoms with van der Waals surface area (Å²) in [4.78, 5) is 12.5. The maximum Gasteiger partial charge on any atom is 0.233 e. The highest BCUT2D eigenvalue weighted by Gasteiger charge is 2.22. The fourth-order valence-electron chi connectivity index (χ4n) is 2.90. The first-order valence-corrected chi connectivity index (χ1v) is 10.4. The van der Waals surface area contributed by atoms with Crippen molar-refractivity contribution in [3.05, 3.63) is 60.2 Å². The lowest BCUT2D eigenvalue weighted by Crippen LogP contribution is -2.30. The molecule has 1 heterocycles. The number of thioether (sulfide) groups is 1. The topological polar surface area (TPSA) is 69.0 Å². The van der Waals surface area contributed by atoms with Crippen LogP contribution in [0.3, 0.4) is 0 Å². The minimum Gasteiger partial charge on any atom is -0.497 e. The van der Waals surface area contributed by atoms with Gasteiger partial charge in [0.15, 0.2) is 11.0 Å². The second kappa shape index (κ2) is 9.60. The third kappa shape index (κ3) is 5.17. The van der Waals surface area contributed by atoms with Gasteiger partial charge in [-0.25, -0.2) is 0 Å². The Morgan fingerprint density at radius 2 is 1.76 bits per heavy atom. The first-order valence-electron chi connectivity index (χ1n) is 9.57. The molecule has 0 aliphatic heterocycles. The number of ether oxygens (including phenoxy) is 1. The van der Waals surface area contributed by atoms with E-state index in [0.29, 0.717) is 6.54 Å². The van der Waals surface area contributed by atoms with E-state index in [0.717, 1.165) is 27.9 Å². The van der Waals surface area contributed by atoms with Crippen molar-refractivity contribution in [1.82, 2.24) is 20.1 Å². The molecule has 3 aromatic rings. The number of hydrogen-bond donors (Lipinski definition) is 1. The van der Waals surface area contributed by atoms with Gasteiger partial charge < -0.3 is 10.1 Å². The number of methoxy groups -OCH3 is 1. The van der Waals surface area contributed by atoms with E-state index in [2.05, 4.69) is 33.9 Å². The number of amides is 1. The average Bonchev–Trinajstić information content (AvgIpc) is 3.16. The Morgan fingerprint density at radius 1 is 1.07 bits per heavy atom. The molecule has 152 valence electrons. The molecule has 1 N–H and O–H groups in total. The first-order chi connectivity index (χ1) is 14.0. The molecule has 0 saturated carbocycles. The van der Waals surface area contributed by atoms with Crippen LogP contribution in [0.4, 0.5) is 0 Å². The van der Waals surface area contributed by atoms with E-state index >= 15 is 0 Å². The molecule has 0 spiro atoms. The van der Waals surface area contributed by atoms with E-state index in [1.54, 1.807) is 7.11 Å². The predicted molar refractivity (Wildman–Crippen MR) is 116 cm³/mol. The van der Waals surface area contributed by atoms with E-state index in [1.807, 2.05) is 61.5 Å². The third-order valence-electron chi connectivity index (χ3n) is 4.49. The summed E-state index contributed by atoms with van der Waals surface area (Å²) in [5, 5.41) is 12.2. The van der Waals surface area contributed by atoms with E-state index in [-0.39, 0.29) is 17.2 Å². The summed E-state index contributed by atoms with van der Waals surface area (Å²) >= 11 is 1.42. The van der Waals surface area contributed by atoms with E-state index in [1.165, 1.54) is 11.8 Å². The van der Waals surface area contributed by atoms with Crippen molar-refractivity contribution in [1.29, 1.82) is 0 Å². The largest absolute Gasteiger partial charge is 0.497 e. The summed E-state index contributed by atoms with van der Waals surface area (Å²) in [6, 6.07) is 17.8. The van der Waals surface area contributed by atoms with Gasteiger partial charge in [-0.15, -0.1) is 10.2 Å². The monoisotopic (exact) mass is 410 g/mol. The molecule has 29 heavy (non-hydrogen) atoms. The molecule has 0 unspecified atom stereocenters. The lowest BCUT2D eigenvalue weighted by molar-refractivity contribution is -0.120. The van der Waals surface area contributed by atoms with Crippen molar-refractivity contribution in [2.24, 2.45) is 0 Å². The molecular formula is C22H26N4O2S. The van der Waals surface area contributed by atoms with Gasteiger partial charge in [-0.3, -0.25) is 9.36 Å². The number of hydrogen-bond acceptors (Lipinski definition) is 5. The number of rotatable bonds is 8. The Kier molecular flexibility index (Phi) is 6.93. The van der Waals surface area contributed by atoms with Gasteiger partial charge in [0.2, 0.25) is 5.91 Å². The highest BCUT2D eigenvalue weighted by Crippen LogP contribution is 2.30. The quantitative estimate of drug-likeness (QED) is 0.560. The molecule has 1 atom stereocenters. The SMILES string of the molecule is COc1ccc(-c2nnc(S[C@@H](C)C(=O)NCc3ccccc3)n2C(C)C)cc1. The molecule has 3 rings (SSSR count). The van der Waals surface area contributed by atoms with Crippen molar-refractivity contribution in [2.75, 3.05) is 7.11 Å². The average molecular weight is 411 g/mol. The summed E-state index contributed by atoms with van der Waals surface area (Å²) in [6.45, 7) is 6.57. The number of aromatic nitrogens is 3. The predicted octanol–water partition coefficient (Wildman–Crippen LogP) is 4.33. The van der Waals surface area contributed by atoms with Crippen molar-refractivity contribution in [3.8, 4) is 17.1 Å². The zero-order valence-corrected chi connectivity index (χ0v) is 17.9. The van der Waals surface area contributed by atoms with E-state index < -0.39 is 0 Å². The van der Waals surface area contributed by atoms with Crippen LogP contribution < -0.4 is 10.1 Å². The standard InChI is InChI=1S/C22H26N4O2S/c1-15(2)26-20(18-10-12-19(28-4)13-11-18)24-25-22(26)29-16(3)21(27)23-14-17-8-6-5-7-9-17/h5-13,15-16H,14H2,1-4H3,(H,23,27)/t16-/m0/s1. The summed E-state index contributed by atoms with van der Waals surface area (Å²) < 4.78 is 7.29. The first kappa shape index (κ1) is 20.9. The molecule has 0 fully saturated rings. The van der Waals surface area contributed by atoms with Crippen molar-refractivity contribution in [2.45, 2.75) is 43.8 Å². The molecule has 7 heteroatoms. The molecule has 1 amide bonds. The van der Waals surface area contributed by atoms with Crippen LogP contribution in [0.25, 0.3) is 11.4 Å². The van der Waals surface area contributed by atoms with Gasteiger partial charge >= 0.3 is 0 Å². The van der Waals surface area contributed by atoms with Gasteiger partial charge in [0, 0.05) is 18.2 Å². The number of nitrogens with one attached hydrogen (secondary N) is 1. The highest BCUT2D eigenvalue weighted by atomic mass is 32.2. The maximum atomic E-state index is 12.5. The van der Waals surface area contributed by atoms with Crippen LogP contribution in [0, 0.1) is 0 Å². The van der Waals surface area contributed by atoms with Crippen LogP contribution >= 0.6 is 11.8 Å². The molecule has 2 aromatic carbocycles. The highest BCUT2D eigenvalue weighted by molar-refractivity contribution is 8.00. The van der Waals surface area contributed by atoms with Gasteiger partial charge in [-0.2, -0.15) is 0 Å². The number of carbonyl (C=O) groups excluding carboxylic acids is 1. The third-order valence-corrected chi connectivity index (χ3v) is 5.55. The number of carbonyl (C=O) groups is 1. The van der Waals surface area contributed by atoms with E-state index in [4.69, 9.17) is 4.74 Å². The summed E-state index contributed by atoms with van der Waals surface area (Å²) in [5.41, 5.74) is 2.03. The molecule has 0 radical (unpaired) electrons. The van der Waals surface area contributed by atoms with Gasteiger partial charge in [-0.05, 0) is 50.6 Å². The van der Waals surface area contributed by atoms with Gasteiger partial charge in [-0.1, -0.05) is 42.1 Å². The minimum absolute atomic E-state index is 0.0249. The fourth-order valence-corrected chi connectivity index (χ4v) is 3.91. The summed E-state index contributed by atoms with van der Waals surface area (Å²) in [7, 11) is 1.64. The Hall–Kier alpha value is -2.80. The Labute approximate surface area is 175 Å². The fraction of sp³-hybridized carbons (Fsp3) is 0.318. The minimum atomic E-state index is -0.288. The lowest BCUT2D eigenvalue weighted by atomic mass is 10.2. The van der Waals surface area contributed by atoms with Gasteiger partial charge in [0.05, 0.1) is 12.4 Å². The van der Waals surface area contributed by atoms with E-state index in [9.17, 15) is 4.79 Å². The Bertz CT molecular complexity index is 939. The molecule has 0 bridgehead atoms. The number of benzene rings is 2. The van der Waals surface area contributed by atoms with Gasteiger partial charge in [0.25, 0.3) is 0 Å². The molecule has 0 aliphatic carbocycles. The Balaban J connectivity index is 1.72. The summed E-state index contributed by atoms with van der Waals surface area (Å²) in [6.07, 6.45) is 0. The van der Waals surface area contributed by atoms with Crippen LogP contribution in [0.2, 0.25) is 0 Å². The van der Waals surface area contributed by atoms with Crippen LogP contribution in [0.15, 0.2) is 59.8 Å². The Morgan fingerprint density at radius 3 is 2.38 bits per heavy atom. The van der Waals surface area contributed by atoms with Crippen LogP contribution in [-0.4, -0.2) is 33.0 Å². The molecule has 1 aromatic heterocycles. The van der Waals surface area contributed by atoms with Gasteiger partial charge in [0.1, 0.15) is 5.75 Å². The second-order valence-electron chi connectivity index (χ2n) is 6.96. The molecule has 0 aliphatic rings. The summed E-state index contributed by atoms with van der Waals surface area (Å²) in [5.74, 6) is 1.55. The van der Waals surface area contributed by atoms with Crippen LogP contribution in [-0.2, 0) is 11.3 Å². The van der Waals surface area contributed by atoms with Crippen molar-refractivity contribution < 1.29 is 9.53 Å². The van der Waals surface area contributed by atoms with Crippen molar-refractivity contribution >= 4 is 17.7 Å². The van der Waals surface area contributed by atoms with Crippen LogP contribution in [0.1, 0.15) is 32.4 Å². The second-order valence-corrected chi connectivity index (χ2v) is 8.27. The zero-order chi connectivity index (χ0) is 20.8. The number of nitrogens with zero attached hydrogens (tertiary/aromatic N) is 3.